The van der Waals surface area contributed by atoms with Gasteiger partial charge in [0.05, 0.1) is 5.92 Å². The lowest BCUT2D eigenvalue weighted by atomic mass is 9.99. The Kier molecular flexibility index (Phi) is 19.5. The maximum atomic E-state index is 13.5. The maximum absolute atomic E-state index is 13.5. The number of nitrogens with two attached hydrogens (primary N) is 1. The number of urea groups is 1. The highest BCUT2D eigenvalue weighted by Gasteiger charge is 2.31. The first kappa shape index (κ1) is 41.8. The van der Waals surface area contributed by atoms with Crippen molar-refractivity contribution < 1.29 is 33.5 Å². The van der Waals surface area contributed by atoms with E-state index in [4.69, 9.17) is 10.5 Å². The van der Waals surface area contributed by atoms with E-state index in [9.17, 15) is 28.8 Å². The summed E-state index contributed by atoms with van der Waals surface area (Å²) in [5, 5.41) is 16.7. The van der Waals surface area contributed by atoms with Crippen LogP contribution in [-0.4, -0.2) is 73.4 Å². The summed E-state index contributed by atoms with van der Waals surface area (Å²) in [5.41, 5.74) is 6.36. The van der Waals surface area contributed by atoms with Crippen LogP contribution < -0.4 is 37.6 Å². The van der Waals surface area contributed by atoms with Crippen molar-refractivity contribution in [2.24, 2.45) is 23.5 Å². The topological polar surface area (TPSA) is 210 Å². The summed E-state index contributed by atoms with van der Waals surface area (Å²) in [6.45, 7) is 14.5. The van der Waals surface area contributed by atoms with Crippen molar-refractivity contribution in [1.82, 2.24) is 26.6 Å². The van der Waals surface area contributed by atoms with Gasteiger partial charge in [0.15, 0.2) is 0 Å². The predicted octanol–water partition coefficient (Wildman–Crippen LogP) is 2.32. The minimum absolute atomic E-state index is 0.0941. The molecule has 0 aliphatic heterocycles. The molecule has 0 aliphatic rings. The van der Waals surface area contributed by atoms with Crippen LogP contribution in [0.25, 0.3) is 0 Å². The van der Waals surface area contributed by atoms with Crippen molar-refractivity contribution >= 4 is 41.3 Å². The van der Waals surface area contributed by atoms with E-state index in [2.05, 4.69) is 31.9 Å². The average Bonchev–Trinajstić information content (AvgIpc) is 3.02. The van der Waals surface area contributed by atoms with Gasteiger partial charge < -0.3 is 42.4 Å². The van der Waals surface area contributed by atoms with Crippen LogP contribution >= 0.6 is 0 Å². The Morgan fingerprint density at radius 1 is 0.750 bits per heavy atom. The normalized spacial score (nSPS) is 13.5. The van der Waals surface area contributed by atoms with Gasteiger partial charge in [0, 0.05) is 19.2 Å². The zero-order valence-electron chi connectivity index (χ0n) is 29.6. The number of nitrogens with one attached hydrogen (secondary N) is 6. The van der Waals surface area contributed by atoms with Gasteiger partial charge >= 0.3 is 12.0 Å². The van der Waals surface area contributed by atoms with Crippen LogP contribution in [-0.2, 0) is 35.3 Å². The van der Waals surface area contributed by atoms with Gasteiger partial charge in [0.2, 0.25) is 23.6 Å². The smallest absolute Gasteiger partial charge is 0.312 e. The van der Waals surface area contributed by atoms with Gasteiger partial charge in [0.25, 0.3) is 0 Å². The summed E-state index contributed by atoms with van der Waals surface area (Å²) in [5.74, 6) is -2.61. The van der Waals surface area contributed by atoms with Gasteiger partial charge in [-0.1, -0.05) is 53.7 Å². The number of amides is 6. The number of hydrogen-bond donors (Lipinski definition) is 7. The zero-order valence-corrected chi connectivity index (χ0v) is 29.6. The number of primary amides is 1. The molecule has 14 heteroatoms. The van der Waals surface area contributed by atoms with Crippen LogP contribution in [0.5, 0.6) is 0 Å². The third-order valence-electron chi connectivity index (χ3n) is 7.86. The number of hydrogen-bond acceptors (Lipinski definition) is 8. The molecule has 0 saturated carbocycles. The highest BCUT2D eigenvalue weighted by atomic mass is 16.5. The summed E-state index contributed by atoms with van der Waals surface area (Å²) in [4.78, 5) is 75.3. The molecule has 0 aromatic heterocycles. The number of benzene rings is 1. The number of carbonyl (C=O) groups is 6. The molecule has 0 saturated heterocycles. The molecule has 1 aromatic carbocycles. The molecule has 6 amide bonds. The highest BCUT2D eigenvalue weighted by Crippen LogP contribution is 2.16. The molecule has 4 atom stereocenters. The number of rotatable bonds is 22. The molecular weight excluding hydrogens is 618 g/mol. The van der Waals surface area contributed by atoms with Crippen LogP contribution in [0.1, 0.15) is 86.1 Å². The molecule has 0 aliphatic carbocycles. The summed E-state index contributed by atoms with van der Waals surface area (Å²) >= 11 is 0. The first-order valence-electron chi connectivity index (χ1n) is 16.8. The number of ether oxygens (including phenoxy) is 1. The van der Waals surface area contributed by atoms with Crippen molar-refractivity contribution in [3.63, 3.8) is 0 Å². The van der Waals surface area contributed by atoms with E-state index < -0.39 is 41.9 Å². The highest BCUT2D eigenvalue weighted by molar-refractivity contribution is 5.99. The third-order valence-corrected chi connectivity index (χ3v) is 7.86. The van der Waals surface area contributed by atoms with E-state index in [1.165, 1.54) is 6.92 Å². The van der Waals surface area contributed by atoms with E-state index in [1.54, 1.807) is 38.1 Å². The van der Waals surface area contributed by atoms with Crippen LogP contribution in [0.15, 0.2) is 24.3 Å². The molecule has 14 nitrogen and oxygen atoms in total. The largest absolute Gasteiger partial charge is 0.461 e. The molecule has 8 N–H and O–H groups in total. The summed E-state index contributed by atoms with van der Waals surface area (Å²) in [7, 11) is 0. The molecule has 1 rings (SSSR count). The first-order valence-corrected chi connectivity index (χ1v) is 16.8. The van der Waals surface area contributed by atoms with Crippen molar-refractivity contribution in [2.75, 3.05) is 25.0 Å². The number of carbonyl (C=O) groups excluding carboxylic acids is 6. The molecule has 0 spiro atoms. The Bertz CT molecular complexity index is 1190. The summed E-state index contributed by atoms with van der Waals surface area (Å²) < 4.78 is 5.40. The van der Waals surface area contributed by atoms with Crippen molar-refractivity contribution in [3.8, 4) is 0 Å². The minimum atomic E-state index is -1.01. The fourth-order valence-corrected chi connectivity index (χ4v) is 4.60. The molecule has 0 bridgehead atoms. The van der Waals surface area contributed by atoms with Crippen molar-refractivity contribution in [1.29, 1.82) is 0 Å². The van der Waals surface area contributed by atoms with Crippen LogP contribution in [0.3, 0.4) is 0 Å². The fourth-order valence-electron chi connectivity index (χ4n) is 4.60. The molecule has 0 fully saturated rings. The zero-order chi connectivity index (χ0) is 36.2. The van der Waals surface area contributed by atoms with Crippen molar-refractivity contribution in [3.05, 3.63) is 29.8 Å². The van der Waals surface area contributed by atoms with E-state index in [0.29, 0.717) is 24.9 Å². The molecule has 0 radical (unpaired) electrons. The molecular formula is C34H57N7O7. The van der Waals surface area contributed by atoms with Crippen LogP contribution in [0.4, 0.5) is 10.5 Å². The quantitative estimate of drug-likeness (QED) is 0.0715. The minimum Gasteiger partial charge on any atom is -0.461 e. The van der Waals surface area contributed by atoms with Crippen molar-refractivity contribution in [2.45, 2.75) is 105 Å². The van der Waals surface area contributed by atoms with Crippen LogP contribution in [0.2, 0.25) is 0 Å². The van der Waals surface area contributed by atoms with Gasteiger partial charge in [-0.25, -0.2) is 4.79 Å². The lowest BCUT2D eigenvalue weighted by Gasteiger charge is -2.27. The standard InChI is InChI=1S/C34H57N7O7/c1-8-36-18-10-9-12-27(38-24(7)42)31(44)41-29(22(4)5)32(45)40-28(13-11-19-37-34(35)47)30(43)39-26-16-14-25(15-17-26)20-48-33(46)23(6)21(2)3/h14-17,21-23,27-29,36H,8-13,18-20H2,1-7H3,(H,38,42)(H,39,43)(H,40,45)(H,41,44)(H3,35,37,47)/t23?,27-,28-,29-/m0/s1. The van der Waals surface area contributed by atoms with E-state index in [1.807, 2.05) is 27.7 Å². The maximum Gasteiger partial charge on any atom is 0.312 e. The van der Waals surface area contributed by atoms with Gasteiger partial charge in [-0.15, -0.1) is 0 Å². The van der Waals surface area contributed by atoms with E-state index in [-0.39, 0.29) is 49.2 Å². The number of anilines is 1. The Balaban J connectivity index is 3.00. The summed E-state index contributed by atoms with van der Waals surface area (Å²) in [6, 6.07) is 3.25. The monoisotopic (exact) mass is 675 g/mol. The fraction of sp³-hybridized carbons (Fsp3) is 0.647. The van der Waals surface area contributed by atoms with Gasteiger partial charge in [0.1, 0.15) is 24.7 Å². The van der Waals surface area contributed by atoms with Gasteiger partial charge in [-0.05, 0) is 74.7 Å². The molecule has 1 unspecified atom stereocenters. The first-order chi connectivity index (χ1) is 22.7. The SMILES string of the molecule is CCNCCCC[C@H](NC(C)=O)C(=O)N[C@H](C(=O)N[C@@H](CCCNC(N)=O)C(=O)Nc1ccc(COC(=O)C(C)C(C)C)cc1)C(C)C. The number of unbranched alkanes of at least 4 members (excludes halogenated alkanes) is 1. The molecule has 48 heavy (non-hydrogen) atoms. The Labute approximate surface area is 284 Å². The lowest BCUT2D eigenvalue weighted by Crippen LogP contribution is -2.57. The van der Waals surface area contributed by atoms with Gasteiger partial charge in [-0.3, -0.25) is 24.0 Å². The lowest BCUT2D eigenvalue weighted by molar-refractivity contribution is -0.150. The average molecular weight is 676 g/mol. The molecule has 270 valence electrons. The second-order valence-electron chi connectivity index (χ2n) is 12.7. The Morgan fingerprint density at radius 2 is 1.38 bits per heavy atom. The van der Waals surface area contributed by atoms with E-state index in [0.717, 1.165) is 25.1 Å². The second-order valence-corrected chi connectivity index (χ2v) is 12.7. The van der Waals surface area contributed by atoms with Crippen LogP contribution in [0, 0.1) is 17.8 Å². The van der Waals surface area contributed by atoms with Gasteiger partial charge in [-0.2, -0.15) is 0 Å². The molecule has 1 aromatic rings. The van der Waals surface area contributed by atoms with E-state index >= 15 is 0 Å². The Hall–Kier alpha value is -4.20. The summed E-state index contributed by atoms with van der Waals surface area (Å²) in [6.07, 6.45) is 2.41. The second kappa shape index (κ2) is 22.4. The number of esters is 1. The Morgan fingerprint density at radius 3 is 1.94 bits per heavy atom. The third kappa shape index (κ3) is 16.6. The predicted molar refractivity (Wildman–Crippen MR) is 184 cm³/mol. The molecule has 0 heterocycles.